The Morgan fingerprint density at radius 2 is 1.45 bits per heavy atom. The van der Waals surface area contributed by atoms with Gasteiger partial charge >= 0.3 is 0 Å². The third kappa shape index (κ3) is 4.34. The topological polar surface area (TPSA) is 91.2 Å². The first-order valence-corrected chi connectivity index (χ1v) is 6.94. The molecule has 4 N–H and O–H groups in total. The van der Waals surface area contributed by atoms with E-state index >= 15 is 0 Å². The maximum atomic E-state index is 9.68. The molecule has 0 aliphatic rings. The van der Waals surface area contributed by atoms with Crippen LogP contribution in [0.4, 0.5) is 5.69 Å². The number of nitrogen functional groups attached to an aromatic ring is 1. The molecule has 0 aromatic heterocycles. The summed E-state index contributed by atoms with van der Waals surface area (Å²) in [7, 11) is 0. The van der Waals surface area contributed by atoms with E-state index in [1.807, 2.05) is 19.1 Å². The van der Waals surface area contributed by atoms with Crippen LogP contribution in [0.3, 0.4) is 0 Å². The van der Waals surface area contributed by atoms with Gasteiger partial charge in [0.05, 0.1) is 13.1 Å². The van der Waals surface area contributed by atoms with Crippen LogP contribution in [0, 0.1) is 6.92 Å². The molecule has 0 atom stereocenters. The van der Waals surface area contributed by atoms with Gasteiger partial charge in [0.15, 0.2) is 0 Å². The molecule has 0 aliphatic carbocycles. The fraction of sp³-hybridized carbons (Fsp3) is 0.176. The monoisotopic (exact) mass is 297 g/mol. The van der Waals surface area contributed by atoms with E-state index in [-0.39, 0.29) is 11.5 Å². The van der Waals surface area contributed by atoms with Gasteiger partial charge in [-0.05, 0) is 37.3 Å². The Balaban J connectivity index is 1.89. The SMILES string of the molecule is Cc1ccc(O)c(C=NCCN=Cc2cc(N)ccc2O)c1. The Labute approximate surface area is 129 Å². The van der Waals surface area contributed by atoms with Crippen molar-refractivity contribution >= 4 is 18.1 Å². The molecule has 0 unspecified atom stereocenters. The Kier molecular flexibility index (Phi) is 5.14. The summed E-state index contributed by atoms with van der Waals surface area (Å²) in [5.74, 6) is 0.355. The number of hydrogen-bond donors (Lipinski definition) is 3. The van der Waals surface area contributed by atoms with Gasteiger partial charge in [-0.3, -0.25) is 9.98 Å². The van der Waals surface area contributed by atoms with Crippen LogP contribution in [0.5, 0.6) is 11.5 Å². The second-order valence-corrected chi connectivity index (χ2v) is 4.95. The standard InChI is InChI=1S/C17H19N3O2/c1-12-2-4-16(21)13(8-12)10-19-6-7-20-11-14-9-15(18)3-5-17(14)22/h2-5,8-11,21-22H,6-7,18H2,1H3. The lowest BCUT2D eigenvalue weighted by atomic mass is 10.1. The van der Waals surface area contributed by atoms with Gasteiger partial charge in [0.25, 0.3) is 0 Å². The molecular formula is C17H19N3O2. The first-order valence-electron chi connectivity index (χ1n) is 6.94. The second-order valence-electron chi connectivity index (χ2n) is 4.95. The highest BCUT2D eigenvalue weighted by Gasteiger charge is 1.98. The predicted molar refractivity (Wildman–Crippen MR) is 90.3 cm³/mol. The number of aliphatic imine (C=N–C) groups is 2. The van der Waals surface area contributed by atoms with Crippen LogP contribution in [0.15, 0.2) is 46.4 Å². The molecule has 2 aromatic carbocycles. The van der Waals surface area contributed by atoms with Crippen molar-refractivity contribution in [2.24, 2.45) is 9.98 Å². The minimum atomic E-state index is 0.145. The summed E-state index contributed by atoms with van der Waals surface area (Å²) in [4.78, 5) is 8.43. The zero-order chi connectivity index (χ0) is 15.9. The summed E-state index contributed by atoms with van der Waals surface area (Å²) in [5.41, 5.74) is 8.57. The Bertz CT molecular complexity index is 648. The van der Waals surface area contributed by atoms with E-state index in [0.717, 1.165) is 5.56 Å². The van der Waals surface area contributed by atoms with Crippen molar-refractivity contribution in [3.63, 3.8) is 0 Å². The summed E-state index contributed by atoms with van der Waals surface area (Å²) >= 11 is 0. The normalized spacial score (nSPS) is 11.5. The number of rotatable bonds is 5. The summed E-state index contributed by atoms with van der Waals surface area (Å²) in [6.07, 6.45) is 3.21. The molecule has 0 amide bonds. The van der Waals surface area contributed by atoms with Crippen molar-refractivity contribution in [3.05, 3.63) is 53.1 Å². The van der Waals surface area contributed by atoms with Crippen LogP contribution in [-0.2, 0) is 0 Å². The predicted octanol–water partition coefficient (Wildman–Crippen LogP) is 2.53. The van der Waals surface area contributed by atoms with Gasteiger partial charge in [0.1, 0.15) is 11.5 Å². The fourth-order valence-electron chi connectivity index (χ4n) is 1.90. The number of nitrogens with zero attached hydrogens (tertiary/aromatic N) is 2. The highest BCUT2D eigenvalue weighted by Crippen LogP contribution is 2.17. The van der Waals surface area contributed by atoms with Crippen molar-refractivity contribution in [1.29, 1.82) is 0 Å². The third-order valence-corrected chi connectivity index (χ3v) is 3.05. The largest absolute Gasteiger partial charge is 0.507 e. The summed E-state index contributed by atoms with van der Waals surface area (Å²) < 4.78 is 0. The molecule has 0 spiro atoms. The van der Waals surface area contributed by atoms with Crippen LogP contribution in [0.1, 0.15) is 16.7 Å². The molecule has 5 nitrogen and oxygen atoms in total. The molecule has 114 valence electrons. The van der Waals surface area contributed by atoms with Crippen molar-refractivity contribution in [2.45, 2.75) is 6.92 Å². The molecular weight excluding hydrogens is 278 g/mol. The summed E-state index contributed by atoms with van der Waals surface area (Å²) in [6.45, 7) is 2.93. The van der Waals surface area contributed by atoms with Crippen molar-refractivity contribution in [2.75, 3.05) is 18.8 Å². The number of nitrogens with two attached hydrogens (primary N) is 1. The molecule has 0 saturated heterocycles. The van der Waals surface area contributed by atoms with E-state index in [2.05, 4.69) is 9.98 Å². The minimum absolute atomic E-state index is 0.145. The highest BCUT2D eigenvalue weighted by molar-refractivity contribution is 5.85. The van der Waals surface area contributed by atoms with Crippen LogP contribution in [-0.4, -0.2) is 35.7 Å². The van der Waals surface area contributed by atoms with Crippen LogP contribution in [0.2, 0.25) is 0 Å². The van der Waals surface area contributed by atoms with Crippen LogP contribution in [0.25, 0.3) is 0 Å². The average molecular weight is 297 g/mol. The molecule has 0 radical (unpaired) electrons. The fourth-order valence-corrected chi connectivity index (χ4v) is 1.90. The third-order valence-electron chi connectivity index (χ3n) is 3.05. The van der Waals surface area contributed by atoms with Gasteiger partial charge in [-0.25, -0.2) is 0 Å². The van der Waals surface area contributed by atoms with Gasteiger partial charge in [-0.2, -0.15) is 0 Å². The smallest absolute Gasteiger partial charge is 0.124 e. The van der Waals surface area contributed by atoms with Crippen molar-refractivity contribution < 1.29 is 10.2 Å². The van der Waals surface area contributed by atoms with Gasteiger partial charge in [-0.1, -0.05) is 11.6 Å². The van der Waals surface area contributed by atoms with Crippen LogP contribution < -0.4 is 5.73 Å². The molecule has 0 saturated carbocycles. The quantitative estimate of drug-likeness (QED) is 0.343. The average Bonchev–Trinajstić information content (AvgIpc) is 2.49. The number of phenolic OH excluding ortho intramolecular Hbond substituents is 2. The Hall–Kier alpha value is -2.82. The van der Waals surface area contributed by atoms with Gasteiger partial charge in [0, 0.05) is 29.2 Å². The van der Waals surface area contributed by atoms with Gasteiger partial charge in [-0.15, -0.1) is 0 Å². The number of aromatic hydroxyl groups is 2. The highest BCUT2D eigenvalue weighted by atomic mass is 16.3. The molecule has 2 aromatic rings. The molecule has 0 bridgehead atoms. The zero-order valence-electron chi connectivity index (χ0n) is 12.4. The van der Waals surface area contributed by atoms with E-state index < -0.39 is 0 Å². The number of phenols is 2. The van der Waals surface area contributed by atoms with E-state index in [0.29, 0.717) is 29.9 Å². The van der Waals surface area contributed by atoms with Crippen molar-refractivity contribution in [3.8, 4) is 11.5 Å². The molecule has 0 heterocycles. The minimum Gasteiger partial charge on any atom is -0.507 e. The number of anilines is 1. The van der Waals surface area contributed by atoms with Crippen LogP contribution >= 0.6 is 0 Å². The first kappa shape index (κ1) is 15.6. The number of aryl methyl sites for hydroxylation is 1. The zero-order valence-corrected chi connectivity index (χ0v) is 12.4. The maximum Gasteiger partial charge on any atom is 0.124 e. The van der Waals surface area contributed by atoms with E-state index in [9.17, 15) is 10.2 Å². The van der Waals surface area contributed by atoms with Gasteiger partial charge < -0.3 is 15.9 Å². The van der Waals surface area contributed by atoms with E-state index in [1.165, 1.54) is 6.07 Å². The Morgan fingerprint density at radius 1 is 0.909 bits per heavy atom. The number of benzene rings is 2. The lowest BCUT2D eigenvalue weighted by molar-refractivity contribution is 0.474. The summed E-state index contributed by atoms with van der Waals surface area (Å²) in [5, 5.41) is 19.3. The van der Waals surface area contributed by atoms with Crippen molar-refractivity contribution in [1.82, 2.24) is 0 Å². The van der Waals surface area contributed by atoms with E-state index in [4.69, 9.17) is 5.73 Å². The van der Waals surface area contributed by atoms with Gasteiger partial charge in [0.2, 0.25) is 0 Å². The first-order chi connectivity index (χ1) is 10.6. The molecule has 2 rings (SSSR count). The van der Waals surface area contributed by atoms with E-state index in [1.54, 1.807) is 30.6 Å². The number of hydrogen-bond acceptors (Lipinski definition) is 5. The molecule has 5 heteroatoms. The Morgan fingerprint density at radius 3 is 2.09 bits per heavy atom. The lowest BCUT2D eigenvalue weighted by Crippen LogP contribution is -1.92. The lowest BCUT2D eigenvalue weighted by Gasteiger charge is -2.00. The molecule has 0 fully saturated rings. The second kappa shape index (κ2) is 7.26. The molecule has 0 aliphatic heterocycles. The molecule has 22 heavy (non-hydrogen) atoms. The summed E-state index contributed by atoms with van der Waals surface area (Å²) in [6, 6.07) is 10.2. The maximum absolute atomic E-state index is 9.68.